The van der Waals surface area contributed by atoms with Crippen LogP contribution in [0.2, 0.25) is 0 Å². The molecular formula is C39H43NO3. The number of aryl methyl sites for hydroxylation is 1. The number of anilines is 1. The SMILES string of the molecule is CCC[C@@]1(CCc2ccccc2)CC(O)=C([C@H](CC)c2cccc(N(Cc3ccccc3)Cc3ccccc3)c2)C(=O)O1. The number of aliphatic hydroxyl groups excluding tert-OH is 1. The summed E-state index contributed by atoms with van der Waals surface area (Å²) in [6.45, 7) is 5.69. The molecule has 0 aliphatic carbocycles. The average molecular weight is 574 g/mol. The second kappa shape index (κ2) is 14.2. The van der Waals surface area contributed by atoms with Gasteiger partial charge in [0, 0.05) is 31.1 Å². The molecule has 0 spiro atoms. The summed E-state index contributed by atoms with van der Waals surface area (Å²) >= 11 is 0. The second-order valence-corrected chi connectivity index (χ2v) is 11.7. The van der Waals surface area contributed by atoms with Crippen molar-refractivity contribution in [1.29, 1.82) is 0 Å². The Bertz CT molecular complexity index is 1460. The minimum absolute atomic E-state index is 0.181. The molecule has 0 saturated carbocycles. The summed E-state index contributed by atoms with van der Waals surface area (Å²) in [4.78, 5) is 16.1. The number of rotatable bonds is 13. The van der Waals surface area contributed by atoms with Crippen LogP contribution in [0.5, 0.6) is 0 Å². The van der Waals surface area contributed by atoms with Gasteiger partial charge < -0.3 is 14.7 Å². The number of carbonyl (C=O) groups excluding carboxylic acids is 1. The van der Waals surface area contributed by atoms with Crippen LogP contribution in [0.1, 0.15) is 74.1 Å². The van der Waals surface area contributed by atoms with E-state index in [1.54, 1.807) is 0 Å². The summed E-state index contributed by atoms with van der Waals surface area (Å²) in [5.41, 5.74) is 5.49. The van der Waals surface area contributed by atoms with Crippen molar-refractivity contribution in [1.82, 2.24) is 0 Å². The highest BCUT2D eigenvalue weighted by molar-refractivity contribution is 5.92. The third-order valence-electron chi connectivity index (χ3n) is 8.57. The van der Waals surface area contributed by atoms with Crippen LogP contribution in [0.3, 0.4) is 0 Å². The highest BCUT2D eigenvalue weighted by Gasteiger charge is 2.43. The van der Waals surface area contributed by atoms with Crippen LogP contribution in [0, 0.1) is 0 Å². The molecule has 5 rings (SSSR count). The number of hydrogen-bond donors (Lipinski definition) is 1. The highest BCUT2D eigenvalue weighted by atomic mass is 16.6. The number of aliphatic hydroxyl groups is 1. The monoisotopic (exact) mass is 573 g/mol. The minimum atomic E-state index is -0.683. The molecule has 0 bridgehead atoms. The molecule has 2 atom stereocenters. The van der Waals surface area contributed by atoms with Crippen LogP contribution >= 0.6 is 0 Å². The molecule has 4 aromatic carbocycles. The number of carbonyl (C=O) groups is 1. The molecule has 0 aromatic heterocycles. The normalized spacial score (nSPS) is 17.4. The Morgan fingerprint density at radius 2 is 1.35 bits per heavy atom. The van der Waals surface area contributed by atoms with E-state index in [4.69, 9.17) is 4.74 Å². The maximum atomic E-state index is 13.7. The van der Waals surface area contributed by atoms with Crippen molar-refractivity contribution in [3.8, 4) is 0 Å². The van der Waals surface area contributed by atoms with Crippen molar-refractivity contribution in [2.24, 2.45) is 0 Å². The first kappa shape index (κ1) is 30.2. The van der Waals surface area contributed by atoms with E-state index >= 15 is 0 Å². The fourth-order valence-electron chi connectivity index (χ4n) is 6.42. The summed E-state index contributed by atoms with van der Waals surface area (Å²) in [6, 6.07) is 39.7. The molecule has 0 amide bonds. The Morgan fingerprint density at radius 3 is 1.88 bits per heavy atom. The minimum Gasteiger partial charge on any atom is -0.512 e. The lowest BCUT2D eigenvalue weighted by atomic mass is 9.80. The van der Waals surface area contributed by atoms with Crippen LogP contribution in [0.4, 0.5) is 5.69 Å². The predicted molar refractivity (Wildman–Crippen MR) is 175 cm³/mol. The molecular weight excluding hydrogens is 530 g/mol. The summed E-state index contributed by atoms with van der Waals surface area (Å²) in [5.74, 6) is -0.454. The fraction of sp³-hybridized carbons (Fsp3) is 0.308. The lowest BCUT2D eigenvalue weighted by Crippen LogP contribution is -2.41. The van der Waals surface area contributed by atoms with Crippen molar-refractivity contribution >= 4 is 11.7 Å². The summed E-state index contributed by atoms with van der Waals surface area (Å²) in [7, 11) is 0. The standard InChI is InChI=1S/C39H43NO3/c1-3-24-39(25-23-30-15-8-5-9-16-30)27-36(41)37(38(42)43-39)35(4-2)33-21-14-22-34(26-33)40(28-31-17-10-6-11-18-31)29-32-19-12-7-13-20-32/h5-22,26,35,41H,3-4,23-25,27-29H2,1-2H3/t35-,39-/m1/s1. The summed E-state index contributed by atoms with van der Waals surface area (Å²) < 4.78 is 6.29. The molecule has 43 heavy (non-hydrogen) atoms. The van der Waals surface area contributed by atoms with Gasteiger partial charge in [-0.05, 0) is 60.1 Å². The zero-order valence-electron chi connectivity index (χ0n) is 25.4. The molecule has 4 nitrogen and oxygen atoms in total. The summed E-state index contributed by atoms with van der Waals surface area (Å²) in [5, 5.41) is 11.5. The molecule has 1 aliphatic rings. The molecule has 0 saturated heterocycles. The van der Waals surface area contributed by atoms with Crippen molar-refractivity contribution in [2.75, 3.05) is 4.90 Å². The van der Waals surface area contributed by atoms with Gasteiger partial charge in [-0.15, -0.1) is 0 Å². The first-order valence-electron chi connectivity index (χ1n) is 15.6. The zero-order chi connectivity index (χ0) is 30.1. The van der Waals surface area contributed by atoms with Crippen LogP contribution in [-0.4, -0.2) is 16.7 Å². The van der Waals surface area contributed by atoms with Gasteiger partial charge in [-0.2, -0.15) is 0 Å². The molecule has 0 unspecified atom stereocenters. The van der Waals surface area contributed by atoms with E-state index in [1.165, 1.54) is 16.7 Å². The van der Waals surface area contributed by atoms with Gasteiger partial charge in [0.15, 0.2) is 0 Å². The second-order valence-electron chi connectivity index (χ2n) is 11.7. The van der Waals surface area contributed by atoms with E-state index < -0.39 is 5.60 Å². The Hall–Kier alpha value is -4.31. The number of benzene rings is 4. The quantitative estimate of drug-likeness (QED) is 0.162. The maximum Gasteiger partial charge on any atom is 0.338 e. The highest BCUT2D eigenvalue weighted by Crippen LogP contribution is 2.42. The molecule has 4 heteroatoms. The van der Waals surface area contributed by atoms with Gasteiger partial charge in [0.05, 0.1) is 5.57 Å². The van der Waals surface area contributed by atoms with E-state index in [2.05, 4.69) is 104 Å². The number of esters is 1. The van der Waals surface area contributed by atoms with Crippen molar-refractivity contribution in [3.63, 3.8) is 0 Å². The van der Waals surface area contributed by atoms with Gasteiger partial charge in [-0.1, -0.05) is 123 Å². The smallest absolute Gasteiger partial charge is 0.338 e. The molecule has 4 aromatic rings. The van der Waals surface area contributed by atoms with E-state index in [0.717, 1.165) is 43.6 Å². The molecule has 222 valence electrons. The lowest BCUT2D eigenvalue weighted by molar-refractivity contribution is -0.161. The first-order valence-corrected chi connectivity index (χ1v) is 15.6. The molecule has 1 aliphatic heterocycles. The molecule has 0 fully saturated rings. The molecule has 1 N–H and O–H groups in total. The predicted octanol–water partition coefficient (Wildman–Crippen LogP) is 9.32. The van der Waals surface area contributed by atoms with Crippen LogP contribution in [-0.2, 0) is 29.0 Å². The van der Waals surface area contributed by atoms with Crippen molar-refractivity contribution < 1.29 is 14.6 Å². The van der Waals surface area contributed by atoms with E-state index in [0.29, 0.717) is 24.8 Å². The number of ether oxygens (including phenoxy) is 1. The van der Waals surface area contributed by atoms with Gasteiger partial charge in [0.25, 0.3) is 0 Å². The topological polar surface area (TPSA) is 49.8 Å². The van der Waals surface area contributed by atoms with Gasteiger partial charge >= 0.3 is 5.97 Å². The Labute approximate surface area is 256 Å². The van der Waals surface area contributed by atoms with Gasteiger partial charge in [-0.25, -0.2) is 4.79 Å². The fourth-order valence-corrected chi connectivity index (χ4v) is 6.42. The Morgan fingerprint density at radius 1 is 0.767 bits per heavy atom. The number of nitrogens with zero attached hydrogens (tertiary/aromatic N) is 1. The van der Waals surface area contributed by atoms with Crippen LogP contribution in [0.25, 0.3) is 0 Å². The van der Waals surface area contributed by atoms with Gasteiger partial charge in [-0.3, -0.25) is 0 Å². The van der Waals surface area contributed by atoms with E-state index in [1.807, 2.05) is 30.3 Å². The maximum absolute atomic E-state index is 13.7. The summed E-state index contributed by atoms with van der Waals surface area (Å²) in [6.07, 6.45) is 4.13. The van der Waals surface area contributed by atoms with Crippen molar-refractivity contribution in [2.45, 2.75) is 77.0 Å². The third-order valence-corrected chi connectivity index (χ3v) is 8.57. The Balaban J connectivity index is 1.42. The Kier molecular flexibility index (Phi) is 9.99. The van der Waals surface area contributed by atoms with E-state index in [9.17, 15) is 9.90 Å². The van der Waals surface area contributed by atoms with Gasteiger partial charge in [0.1, 0.15) is 11.4 Å². The molecule has 1 heterocycles. The number of cyclic esters (lactones) is 1. The first-order chi connectivity index (χ1) is 21.0. The van der Waals surface area contributed by atoms with Crippen molar-refractivity contribution in [3.05, 3.63) is 149 Å². The van der Waals surface area contributed by atoms with E-state index in [-0.39, 0.29) is 17.6 Å². The third kappa shape index (κ3) is 7.56. The van der Waals surface area contributed by atoms with Crippen LogP contribution in [0.15, 0.2) is 127 Å². The largest absolute Gasteiger partial charge is 0.512 e. The van der Waals surface area contributed by atoms with Gasteiger partial charge in [0.2, 0.25) is 0 Å². The average Bonchev–Trinajstić information content (AvgIpc) is 3.03. The van der Waals surface area contributed by atoms with Crippen LogP contribution < -0.4 is 4.90 Å². The molecule has 0 radical (unpaired) electrons. The number of hydrogen-bond acceptors (Lipinski definition) is 4. The lowest BCUT2D eigenvalue weighted by Gasteiger charge is -2.39. The zero-order valence-corrected chi connectivity index (χ0v) is 25.4.